The fraction of sp³-hybridized carbons (Fsp3) is 0.900. The first-order valence-corrected chi connectivity index (χ1v) is 15.8. The Kier molecular flexibility index (Phi) is 15.6. The van der Waals surface area contributed by atoms with Crippen LogP contribution >= 0.6 is 0 Å². The van der Waals surface area contributed by atoms with E-state index in [2.05, 4.69) is 0 Å². The zero-order valence-electron chi connectivity index (χ0n) is 29.9. The van der Waals surface area contributed by atoms with E-state index in [0.29, 0.717) is 0 Å². The SMILES string of the molecule is CO[C@H]1O[C@@H]2COC(=O)O[C@H]2[C@H](OC)[C@H]1OC.CO[C@H]1O[C@@H]2COC(=O)O[C@H]2[C@H](OC)[C@H]1OC.CO[C@H]1O[C@@H]2COC(=O)O[C@H]2[C@H](OC)[C@H]1OC. The van der Waals surface area contributed by atoms with E-state index >= 15 is 0 Å². The second kappa shape index (κ2) is 19.4. The highest BCUT2D eigenvalue weighted by Gasteiger charge is 2.54. The van der Waals surface area contributed by atoms with Crippen molar-refractivity contribution in [2.75, 3.05) is 83.8 Å². The van der Waals surface area contributed by atoms with Crippen LogP contribution in [0.3, 0.4) is 0 Å². The van der Waals surface area contributed by atoms with Gasteiger partial charge in [-0.05, 0) is 0 Å². The second-order valence-electron chi connectivity index (χ2n) is 11.5. The van der Waals surface area contributed by atoms with Gasteiger partial charge in [0.15, 0.2) is 37.2 Å². The van der Waals surface area contributed by atoms with E-state index in [9.17, 15) is 14.4 Å². The molecule has 294 valence electrons. The van der Waals surface area contributed by atoms with Gasteiger partial charge in [-0.25, -0.2) is 14.4 Å². The summed E-state index contributed by atoms with van der Waals surface area (Å²) < 4.78 is 93.6. The predicted molar refractivity (Wildman–Crippen MR) is 160 cm³/mol. The Bertz CT molecular complexity index is 979. The molecule has 21 nitrogen and oxygen atoms in total. The molecular formula is C30H48O21. The van der Waals surface area contributed by atoms with Crippen LogP contribution < -0.4 is 0 Å². The molecule has 21 heteroatoms. The largest absolute Gasteiger partial charge is 0.508 e. The lowest BCUT2D eigenvalue weighted by atomic mass is 9.98. The average molecular weight is 745 g/mol. The summed E-state index contributed by atoms with van der Waals surface area (Å²) in [6.07, 6.45) is -9.47. The summed E-state index contributed by atoms with van der Waals surface area (Å²) >= 11 is 0. The Balaban J connectivity index is 0.000000172. The first kappa shape index (κ1) is 41.1. The summed E-state index contributed by atoms with van der Waals surface area (Å²) in [6, 6.07) is 0. The van der Waals surface area contributed by atoms with Crippen LogP contribution in [0, 0.1) is 0 Å². The lowest BCUT2D eigenvalue weighted by molar-refractivity contribution is -0.314. The van der Waals surface area contributed by atoms with Crippen molar-refractivity contribution >= 4 is 18.5 Å². The number of hydrogen-bond donors (Lipinski definition) is 0. The maximum Gasteiger partial charge on any atom is 0.508 e. The number of methoxy groups -OCH3 is 9. The van der Waals surface area contributed by atoms with E-state index in [1.54, 1.807) is 0 Å². The molecule has 15 atom stereocenters. The molecule has 0 amide bonds. The normalized spacial score (nSPS) is 41.4. The van der Waals surface area contributed by atoms with Crippen molar-refractivity contribution in [2.24, 2.45) is 0 Å². The molecule has 6 aliphatic heterocycles. The summed E-state index contributed by atoms with van der Waals surface area (Å²) in [5, 5.41) is 0. The van der Waals surface area contributed by atoms with E-state index in [-0.39, 0.29) is 19.8 Å². The number of hydrogen-bond acceptors (Lipinski definition) is 21. The Labute approximate surface area is 294 Å². The van der Waals surface area contributed by atoms with E-state index in [0.717, 1.165) is 0 Å². The molecule has 0 aromatic rings. The molecule has 0 N–H and O–H groups in total. The van der Waals surface area contributed by atoms with Crippen molar-refractivity contribution in [1.82, 2.24) is 0 Å². The summed E-state index contributed by atoms with van der Waals surface area (Å²) in [5.74, 6) is 0. The third-order valence-electron chi connectivity index (χ3n) is 8.90. The van der Waals surface area contributed by atoms with Crippen LogP contribution in [-0.2, 0) is 85.3 Å². The number of carbonyl (C=O) groups excluding carboxylic acids is 3. The molecule has 6 heterocycles. The molecule has 6 saturated heterocycles. The Morgan fingerprint density at radius 2 is 0.608 bits per heavy atom. The molecule has 6 aliphatic rings. The topological polar surface area (TPSA) is 217 Å². The maximum atomic E-state index is 11.1. The lowest BCUT2D eigenvalue weighted by Gasteiger charge is -2.45. The standard InChI is InChI=1S/3C10H16O7/c3*1-12-7-6-5(4-15-10(11)17-6)16-9(14-3)8(7)13-2/h3*5-9H,4H2,1-3H3/t3*5-,6-,7+,8-,9+/m111/s1. The van der Waals surface area contributed by atoms with Crippen molar-refractivity contribution in [2.45, 2.75) is 92.1 Å². The molecule has 0 radical (unpaired) electrons. The van der Waals surface area contributed by atoms with Crippen molar-refractivity contribution in [3.8, 4) is 0 Å². The molecule has 51 heavy (non-hydrogen) atoms. The molecule has 0 aromatic heterocycles. The van der Waals surface area contributed by atoms with Crippen molar-refractivity contribution in [3.63, 3.8) is 0 Å². The number of fused-ring (bicyclic) bond motifs is 3. The van der Waals surface area contributed by atoms with Crippen molar-refractivity contribution in [1.29, 1.82) is 0 Å². The lowest BCUT2D eigenvalue weighted by Crippen LogP contribution is -2.63. The predicted octanol–water partition coefficient (Wildman–Crippen LogP) is -0.231. The number of rotatable bonds is 9. The van der Waals surface area contributed by atoms with E-state index < -0.39 is 111 Å². The molecule has 0 bridgehead atoms. The summed E-state index contributed by atoms with van der Waals surface area (Å²) in [4.78, 5) is 33.3. The summed E-state index contributed by atoms with van der Waals surface area (Å²) in [6.45, 7) is 0.374. The summed E-state index contributed by atoms with van der Waals surface area (Å²) in [5.41, 5.74) is 0. The van der Waals surface area contributed by atoms with Crippen LogP contribution in [0.4, 0.5) is 14.4 Å². The van der Waals surface area contributed by atoms with Gasteiger partial charge in [-0.2, -0.15) is 0 Å². The molecular weight excluding hydrogens is 696 g/mol. The van der Waals surface area contributed by atoms with Crippen molar-refractivity contribution < 1.29 is 99.6 Å². The zero-order valence-corrected chi connectivity index (χ0v) is 29.9. The van der Waals surface area contributed by atoms with Gasteiger partial charge >= 0.3 is 18.5 Å². The van der Waals surface area contributed by atoms with Crippen LogP contribution in [0.1, 0.15) is 0 Å². The highest BCUT2D eigenvalue weighted by Crippen LogP contribution is 2.32. The fourth-order valence-corrected chi connectivity index (χ4v) is 6.47. The highest BCUT2D eigenvalue weighted by atomic mass is 16.8. The van der Waals surface area contributed by atoms with Gasteiger partial charge in [0.2, 0.25) is 0 Å². The molecule has 6 rings (SSSR count). The number of ether oxygens (including phenoxy) is 18. The minimum atomic E-state index is -0.720. The van der Waals surface area contributed by atoms with Crippen LogP contribution in [0.15, 0.2) is 0 Å². The van der Waals surface area contributed by atoms with E-state index in [1.807, 2.05) is 0 Å². The average Bonchev–Trinajstić information content (AvgIpc) is 3.15. The Morgan fingerprint density at radius 1 is 0.373 bits per heavy atom. The first-order valence-electron chi connectivity index (χ1n) is 15.8. The van der Waals surface area contributed by atoms with Gasteiger partial charge in [0.1, 0.15) is 74.8 Å². The highest BCUT2D eigenvalue weighted by molar-refractivity contribution is 5.62. The van der Waals surface area contributed by atoms with Gasteiger partial charge in [0.25, 0.3) is 0 Å². The Morgan fingerprint density at radius 3 is 0.804 bits per heavy atom. The minimum absolute atomic E-state index is 0.125. The van der Waals surface area contributed by atoms with Gasteiger partial charge < -0.3 is 85.3 Å². The van der Waals surface area contributed by atoms with Gasteiger partial charge in [0, 0.05) is 64.0 Å². The van der Waals surface area contributed by atoms with Gasteiger partial charge in [-0.3, -0.25) is 0 Å². The second-order valence-corrected chi connectivity index (χ2v) is 11.5. The van der Waals surface area contributed by atoms with E-state index in [4.69, 9.17) is 85.3 Å². The maximum absolute atomic E-state index is 11.1. The van der Waals surface area contributed by atoms with Gasteiger partial charge in [-0.1, -0.05) is 0 Å². The smallest absolute Gasteiger partial charge is 0.431 e. The monoisotopic (exact) mass is 744 g/mol. The van der Waals surface area contributed by atoms with Gasteiger partial charge in [0.05, 0.1) is 0 Å². The fourth-order valence-electron chi connectivity index (χ4n) is 6.47. The van der Waals surface area contributed by atoms with Crippen LogP contribution in [0.2, 0.25) is 0 Å². The number of carbonyl (C=O) groups is 3. The van der Waals surface area contributed by atoms with E-state index in [1.165, 1.54) is 64.0 Å². The quantitative estimate of drug-likeness (QED) is 0.220. The minimum Gasteiger partial charge on any atom is -0.431 e. The molecule has 6 fully saturated rings. The van der Waals surface area contributed by atoms with Crippen LogP contribution in [0.25, 0.3) is 0 Å². The molecule has 0 saturated carbocycles. The zero-order chi connectivity index (χ0) is 37.2. The van der Waals surface area contributed by atoms with Crippen LogP contribution in [0.5, 0.6) is 0 Å². The third kappa shape index (κ3) is 9.29. The molecule has 0 spiro atoms. The van der Waals surface area contributed by atoms with Crippen molar-refractivity contribution in [3.05, 3.63) is 0 Å². The van der Waals surface area contributed by atoms with Gasteiger partial charge in [-0.15, -0.1) is 0 Å². The number of cyclic esters (lactones) is 3. The molecule has 0 aliphatic carbocycles. The molecule has 0 aromatic carbocycles. The third-order valence-corrected chi connectivity index (χ3v) is 8.90. The first-order chi connectivity index (χ1) is 24.6. The molecule has 0 unspecified atom stereocenters. The Hall–Kier alpha value is -2.67. The van der Waals surface area contributed by atoms with Crippen LogP contribution in [-0.4, -0.2) is 194 Å². The summed E-state index contributed by atoms with van der Waals surface area (Å²) in [7, 11) is 13.7.